The van der Waals surface area contributed by atoms with Crippen molar-refractivity contribution < 1.29 is 19.4 Å². The van der Waals surface area contributed by atoms with E-state index in [1.807, 2.05) is 13.8 Å². The van der Waals surface area contributed by atoms with Gasteiger partial charge in [0.1, 0.15) is 0 Å². The van der Waals surface area contributed by atoms with Crippen molar-refractivity contribution in [2.75, 3.05) is 20.3 Å². The Hall–Kier alpha value is -1.14. The predicted octanol–water partition coefficient (Wildman–Crippen LogP) is -0.0691. The summed E-state index contributed by atoms with van der Waals surface area (Å²) in [4.78, 5) is 24.7. The van der Waals surface area contributed by atoms with E-state index in [1.165, 1.54) is 0 Å². The average Bonchev–Trinajstić information content (AvgIpc) is 2.74. The Labute approximate surface area is 107 Å². The van der Waals surface area contributed by atoms with Crippen molar-refractivity contribution in [1.29, 1.82) is 0 Å². The molecule has 0 spiro atoms. The number of hydrogen-bond donors (Lipinski definition) is 2. The van der Waals surface area contributed by atoms with Crippen LogP contribution in [0.15, 0.2) is 0 Å². The minimum absolute atomic E-state index is 0.0726. The fourth-order valence-electron chi connectivity index (χ4n) is 2.06. The van der Waals surface area contributed by atoms with Crippen molar-refractivity contribution in [1.82, 2.24) is 10.2 Å². The van der Waals surface area contributed by atoms with Crippen LogP contribution in [0.2, 0.25) is 0 Å². The molecule has 0 bridgehead atoms. The zero-order valence-electron chi connectivity index (χ0n) is 11.3. The molecule has 6 nitrogen and oxygen atoms in total. The lowest BCUT2D eigenvalue weighted by Crippen LogP contribution is -2.52. The first-order valence-electron chi connectivity index (χ1n) is 6.17. The number of carbonyl (C=O) groups excluding carboxylic acids is 1. The summed E-state index contributed by atoms with van der Waals surface area (Å²) in [6.07, 6.45) is 0. The fraction of sp³-hybridized carbons (Fsp3) is 0.833. The minimum atomic E-state index is -0.874. The van der Waals surface area contributed by atoms with E-state index in [-0.39, 0.29) is 30.6 Å². The second-order valence-electron chi connectivity index (χ2n) is 5.05. The molecule has 0 saturated carbocycles. The van der Waals surface area contributed by atoms with Gasteiger partial charge in [-0.15, -0.1) is 0 Å². The molecule has 2 N–H and O–H groups in total. The normalized spacial score (nSPS) is 25.4. The van der Waals surface area contributed by atoms with Crippen molar-refractivity contribution in [2.24, 2.45) is 5.92 Å². The summed E-state index contributed by atoms with van der Waals surface area (Å²) in [7, 11) is 1.76. The molecule has 1 aliphatic rings. The van der Waals surface area contributed by atoms with Crippen LogP contribution >= 0.6 is 0 Å². The van der Waals surface area contributed by atoms with Crippen LogP contribution in [0.5, 0.6) is 0 Å². The number of carboxylic acids is 1. The highest BCUT2D eigenvalue weighted by Crippen LogP contribution is 2.20. The minimum Gasteiger partial charge on any atom is -0.481 e. The van der Waals surface area contributed by atoms with Crippen LogP contribution in [0.4, 0.5) is 0 Å². The van der Waals surface area contributed by atoms with Crippen LogP contribution < -0.4 is 5.32 Å². The highest BCUT2D eigenvalue weighted by Gasteiger charge is 2.39. The van der Waals surface area contributed by atoms with E-state index in [0.717, 1.165) is 0 Å². The van der Waals surface area contributed by atoms with Crippen LogP contribution in [0.1, 0.15) is 20.8 Å². The molecule has 6 heteroatoms. The molecule has 0 aromatic heterocycles. The summed E-state index contributed by atoms with van der Waals surface area (Å²) >= 11 is 0. The van der Waals surface area contributed by atoms with Gasteiger partial charge in [-0.3, -0.25) is 14.5 Å². The number of ether oxygens (including phenoxy) is 1. The number of nitrogens with one attached hydrogen (secondary N) is 1. The van der Waals surface area contributed by atoms with Crippen LogP contribution in [-0.4, -0.2) is 60.3 Å². The van der Waals surface area contributed by atoms with E-state index in [9.17, 15) is 9.59 Å². The van der Waals surface area contributed by atoms with Crippen LogP contribution in [0.25, 0.3) is 0 Å². The van der Waals surface area contributed by atoms with Gasteiger partial charge in [-0.1, -0.05) is 0 Å². The van der Waals surface area contributed by atoms with Gasteiger partial charge in [0.25, 0.3) is 0 Å². The molecule has 1 heterocycles. The van der Waals surface area contributed by atoms with Crippen molar-refractivity contribution in [3.8, 4) is 0 Å². The van der Waals surface area contributed by atoms with Crippen molar-refractivity contribution in [2.45, 2.75) is 38.9 Å². The van der Waals surface area contributed by atoms with E-state index in [1.54, 1.807) is 18.9 Å². The topological polar surface area (TPSA) is 78.9 Å². The smallest absolute Gasteiger partial charge is 0.310 e. The van der Waals surface area contributed by atoms with Gasteiger partial charge >= 0.3 is 5.97 Å². The molecule has 1 amide bonds. The summed E-state index contributed by atoms with van der Waals surface area (Å²) in [6.45, 7) is 6.12. The molecule has 18 heavy (non-hydrogen) atoms. The average molecular weight is 258 g/mol. The van der Waals surface area contributed by atoms with Crippen LogP contribution in [0, 0.1) is 5.92 Å². The quantitative estimate of drug-likeness (QED) is 0.721. The van der Waals surface area contributed by atoms with Gasteiger partial charge in [0.05, 0.1) is 25.2 Å². The largest absolute Gasteiger partial charge is 0.481 e. The lowest BCUT2D eigenvalue weighted by Gasteiger charge is -2.31. The van der Waals surface area contributed by atoms with Gasteiger partial charge in [-0.25, -0.2) is 0 Å². The van der Waals surface area contributed by atoms with Gasteiger partial charge in [0, 0.05) is 12.1 Å². The van der Waals surface area contributed by atoms with Crippen molar-refractivity contribution >= 4 is 11.9 Å². The number of aliphatic carboxylic acids is 1. The number of hydrogen-bond acceptors (Lipinski definition) is 4. The molecule has 1 fully saturated rings. The fourth-order valence-corrected chi connectivity index (χ4v) is 2.06. The van der Waals surface area contributed by atoms with Crippen LogP contribution in [0.3, 0.4) is 0 Å². The third-order valence-corrected chi connectivity index (χ3v) is 3.31. The standard InChI is InChI=1S/C12H22N2O4/c1-7(2)13-11(15)8(3)14(4)10-6-18-5-9(10)12(16)17/h7-10H,5-6H2,1-4H3,(H,13,15)(H,16,17). The highest BCUT2D eigenvalue weighted by atomic mass is 16.5. The SMILES string of the molecule is CC(C)NC(=O)C(C)N(C)C1COCC1C(=O)O. The van der Waals surface area contributed by atoms with Crippen LogP contribution in [-0.2, 0) is 14.3 Å². The Balaban J connectivity index is 2.65. The molecule has 0 aromatic carbocycles. The Morgan fingerprint density at radius 2 is 1.94 bits per heavy atom. The molecule has 3 atom stereocenters. The third kappa shape index (κ3) is 3.43. The highest BCUT2D eigenvalue weighted by molar-refractivity contribution is 5.81. The molecule has 1 saturated heterocycles. The molecule has 0 radical (unpaired) electrons. The second-order valence-corrected chi connectivity index (χ2v) is 5.05. The predicted molar refractivity (Wildman–Crippen MR) is 66.2 cm³/mol. The maximum atomic E-state index is 11.9. The number of nitrogens with zero attached hydrogens (tertiary/aromatic N) is 1. The Morgan fingerprint density at radius 1 is 1.33 bits per heavy atom. The second kappa shape index (κ2) is 6.15. The Kier molecular flexibility index (Phi) is 5.10. The lowest BCUT2D eigenvalue weighted by molar-refractivity contribution is -0.144. The van der Waals surface area contributed by atoms with Gasteiger partial charge in [-0.05, 0) is 27.8 Å². The van der Waals surface area contributed by atoms with Crippen molar-refractivity contribution in [3.63, 3.8) is 0 Å². The monoisotopic (exact) mass is 258 g/mol. The number of amides is 1. The number of likely N-dealkylation sites (N-methyl/N-ethyl adjacent to an activating group) is 1. The maximum absolute atomic E-state index is 11.9. The van der Waals surface area contributed by atoms with Gasteiger partial charge in [0.2, 0.25) is 5.91 Å². The zero-order chi connectivity index (χ0) is 13.9. The van der Waals surface area contributed by atoms with Gasteiger partial charge in [-0.2, -0.15) is 0 Å². The molecule has 0 aromatic rings. The third-order valence-electron chi connectivity index (χ3n) is 3.31. The Bertz CT molecular complexity index is 319. The van der Waals surface area contributed by atoms with Gasteiger partial charge < -0.3 is 15.2 Å². The molecular weight excluding hydrogens is 236 g/mol. The molecule has 0 aliphatic carbocycles. The molecule has 1 rings (SSSR count). The first-order chi connectivity index (χ1) is 8.34. The number of carbonyl (C=O) groups is 2. The van der Waals surface area contributed by atoms with Gasteiger partial charge in [0.15, 0.2) is 0 Å². The van der Waals surface area contributed by atoms with E-state index in [2.05, 4.69) is 5.32 Å². The van der Waals surface area contributed by atoms with Crippen molar-refractivity contribution in [3.05, 3.63) is 0 Å². The number of carboxylic acid groups (broad SMARTS) is 1. The van der Waals surface area contributed by atoms with E-state index >= 15 is 0 Å². The zero-order valence-corrected chi connectivity index (χ0v) is 11.3. The Morgan fingerprint density at radius 3 is 2.44 bits per heavy atom. The molecule has 3 unspecified atom stereocenters. The molecular formula is C12H22N2O4. The molecule has 1 aliphatic heterocycles. The van der Waals surface area contributed by atoms with E-state index in [0.29, 0.717) is 6.61 Å². The summed E-state index contributed by atoms with van der Waals surface area (Å²) in [6, 6.07) is -0.556. The maximum Gasteiger partial charge on any atom is 0.310 e. The summed E-state index contributed by atoms with van der Waals surface area (Å²) in [5.74, 6) is -1.53. The number of rotatable bonds is 5. The molecule has 104 valence electrons. The summed E-state index contributed by atoms with van der Waals surface area (Å²) in [5, 5.41) is 11.9. The lowest BCUT2D eigenvalue weighted by atomic mass is 10.0. The first kappa shape index (κ1) is 14.9. The summed E-state index contributed by atoms with van der Waals surface area (Å²) in [5.41, 5.74) is 0. The summed E-state index contributed by atoms with van der Waals surface area (Å²) < 4.78 is 5.21. The first-order valence-corrected chi connectivity index (χ1v) is 6.17. The van der Waals surface area contributed by atoms with E-state index < -0.39 is 11.9 Å². The van der Waals surface area contributed by atoms with E-state index in [4.69, 9.17) is 9.84 Å².